The van der Waals surface area contributed by atoms with E-state index in [1.807, 2.05) is 24.4 Å². The third kappa shape index (κ3) is 2.43. The average molecular weight is 369 g/mol. The molecule has 0 bridgehead atoms. The average Bonchev–Trinajstić information content (AvgIpc) is 3.11. The number of hydrogen-bond acceptors (Lipinski definition) is 6. The summed E-state index contributed by atoms with van der Waals surface area (Å²) in [7, 11) is 0. The number of aliphatic carboxylic acids is 1. The molecule has 4 rings (SSSR count). The Labute approximate surface area is 170 Å². The molecule has 0 radical (unpaired) electrons. The van der Waals surface area contributed by atoms with Crippen molar-refractivity contribution in [3.05, 3.63) is 28.8 Å². The number of carboxylic acid groups (broad SMARTS) is 1. The summed E-state index contributed by atoms with van der Waals surface area (Å²) in [6.45, 7) is 5.35. The van der Waals surface area contributed by atoms with Crippen LogP contribution >= 0.6 is 11.3 Å². The smallest absolute Gasteiger partial charge is 0.543 e. The minimum Gasteiger partial charge on any atom is -0.543 e. The van der Waals surface area contributed by atoms with Crippen molar-refractivity contribution in [3.63, 3.8) is 0 Å². The first-order valence-electron chi connectivity index (χ1n) is 7.73. The van der Waals surface area contributed by atoms with E-state index >= 15 is 0 Å². The van der Waals surface area contributed by atoms with Crippen molar-refractivity contribution < 1.29 is 49.4 Å². The van der Waals surface area contributed by atoms with Gasteiger partial charge >= 0.3 is 29.6 Å². The molecule has 2 aromatic rings. The van der Waals surface area contributed by atoms with Crippen LogP contribution in [0, 0.1) is 18.8 Å². The van der Waals surface area contributed by atoms with Crippen molar-refractivity contribution in [1.29, 1.82) is 0 Å². The standard InChI is InChI=1S/C16H17N3O4S.Na/c1-6-10(9-4-18-5-17-7(2)15(18)24-9)13(16(22)23)19-12(6)11(8(3)20)14(19)21;/h4-6,8,11-12,20H,1-3H3,(H,22,23);/q;+1/p-1/t6-,8+,11+,12+;/m0./s1. The van der Waals surface area contributed by atoms with Crippen LogP contribution < -0.4 is 34.7 Å². The van der Waals surface area contributed by atoms with E-state index in [0.717, 1.165) is 15.4 Å². The summed E-state index contributed by atoms with van der Waals surface area (Å²) in [6.07, 6.45) is 2.71. The molecule has 1 fully saturated rings. The zero-order valence-corrected chi connectivity index (χ0v) is 17.2. The summed E-state index contributed by atoms with van der Waals surface area (Å²) in [5.74, 6) is -2.46. The van der Waals surface area contributed by atoms with Crippen molar-refractivity contribution >= 4 is 33.6 Å². The molecule has 2 aliphatic heterocycles. The molecule has 4 heterocycles. The molecule has 0 unspecified atom stereocenters. The molecule has 1 amide bonds. The van der Waals surface area contributed by atoms with E-state index in [4.69, 9.17) is 0 Å². The zero-order valence-electron chi connectivity index (χ0n) is 14.4. The number of carbonyl (C=O) groups excluding carboxylic acids is 2. The number of imidazole rings is 1. The third-order valence-electron chi connectivity index (χ3n) is 5.01. The minimum atomic E-state index is -1.36. The Morgan fingerprint density at radius 1 is 1.48 bits per heavy atom. The van der Waals surface area contributed by atoms with E-state index in [2.05, 4.69) is 4.98 Å². The number of aryl methyl sites for hydroxylation is 1. The predicted molar refractivity (Wildman–Crippen MR) is 84.7 cm³/mol. The van der Waals surface area contributed by atoms with E-state index < -0.39 is 18.0 Å². The van der Waals surface area contributed by atoms with Crippen LogP contribution in [0.25, 0.3) is 10.4 Å². The summed E-state index contributed by atoms with van der Waals surface area (Å²) >= 11 is 1.45. The largest absolute Gasteiger partial charge is 1.00 e. The van der Waals surface area contributed by atoms with Gasteiger partial charge in [-0.25, -0.2) is 4.98 Å². The van der Waals surface area contributed by atoms with E-state index in [9.17, 15) is 19.8 Å². The molecule has 0 aliphatic carbocycles. The second-order valence-electron chi connectivity index (χ2n) is 6.44. The first-order valence-corrected chi connectivity index (χ1v) is 8.54. The number of hydrogen-bond donors (Lipinski definition) is 1. The van der Waals surface area contributed by atoms with Gasteiger partial charge in [0.15, 0.2) is 0 Å². The van der Waals surface area contributed by atoms with Gasteiger partial charge in [-0.3, -0.25) is 9.20 Å². The molecule has 1 saturated heterocycles. The number of aliphatic hydroxyl groups excluding tert-OH is 1. The molecule has 9 heteroatoms. The van der Waals surface area contributed by atoms with Crippen LogP contribution in [0.3, 0.4) is 0 Å². The normalized spacial score (nSPS) is 26.5. The van der Waals surface area contributed by atoms with Crippen LogP contribution in [0.4, 0.5) is 0 Å². The van der Waals surface area contributed by atoms with Gasteiger partial charge in [0.25, 0.3) is 0 Å². The quantitative estimate of drug-likeness (QED) is 0.460. The summed E-state index contributed by atoms with van der Waals surface area (Å²) in [5.41, 5.74) is 1.41. The van der Waals surface area contributed by atoms with Crippen LogP contribution in [-0.4, -0.2) is 43.4 Å². The van der Waals surface area contributed by atoms with Crippen LogP contribution in [0.1, 0.15) is 24.4 Å². The van der Waals surface area contributed by atoms with Gasteiger partial charge in [0.1, 0.15) is 11.2 Å². The van der Waals surface area contributed by atoms with Crippen LogP contribution in [0.5, 0.6) is 0 Å². The summed E-state index contributed by atoms with van der Waals surface area (Å²) in [6, 6.07) is -0.332. The number of fused-ring (bicyclic) bond motifs is 2. The topological polar surface area (TPSA) is 98.0 Å². The second kappa shape index (κ2) is 6.21. The first-order chi connectivity index (χ1) is 11.3. The van der Waals surface area contributed by atoms with Crippen molar-refractivity contribution in [2.45, 2.75) is 32.9 Å². The molecule has 25 heavy (non-hydrogen) atoms. The van der Waals surface area contributed by atoms with Gasteiger partial charge < -0.3 is 19.9 Å². The zero-order chi connectivity index (χ0) is 17.3. The molecular formula is C16H16N3NaO4S. The molecule has 126 valence electrons. The molecule has 7 nitrogen and oxygen atoms in total. The number of carbonyl (C=O) groups is 2. The Hall–Kier alpha value is -1.19. The second-order valence-corrected chi connectivity index (χ2v) is 7.47. The van der Waals surface area contributed by atoms with Gasteiger partial charge in [-0.2, -0.15) is 0 Å². The first kappa shape index (κ1) is 18.6. The molecular weight excluding hydrogens is 353 g/mol. The molecule has 1 N–H and O–H groups in total. The van der Waals surface area contributed by atoms with Crippen LogP contribution in [0.2, 0.25) is 0 Å². The monoisotopic (exact) mass is 369 g/mol. The fourth-order valence-electron chi connectivity index (χ4n) is 3.93. The molecule has 0 spiro atoms. The fraction of sp³-hybridized carbons (Fsp3) is 0.438. The predicted octanol–water partition coefficient (Wildman–Crippen LogP) is -2.97. The maximum absolute atomic E-state index is 12.3. The number of amides is 1. The number of rotatable bonds is 3. The van der Waals surface area contributed by atoms with Crippen molar-refractivity contribution in [2.75, 3.05) is 0 Å². The van der Waals surface area contributed by atoms with Crippen LogP contribution in [0.15, 0.2) is 18.2 Å². The Morgan fingerprint density at radius 3 is 2.72 bits per heavy atom. The van der Waals surface area contributed by atoms with Gasteiger partial charge in [0, 0.05) is 17.7 Å². The van der Waals surface area contributed by atoms with Gasteiger partial charge in [0.2, 0.25) is 5.91 Å². The summed E-state index contributed by atoms with van der Waals surface area (Å²) in [5, 5.41) is 21.6. The number of aliphatic hydroxyl groups is 1. The van der Waals surface area contributed by atoms with Crippen LogP contribution in [-0.2, 0) is 9.59 Å². The van der Waals surface area contributed by atoms with E-state index in [0.29, 0.717) is 5.57 Å². The molecule has 4 atom stereocenters. The third-order valence-corrected chi connectivity index (χ3v) is 6.26. The van der Waals surface area contributed by atoms with E-state index in [-0.39, 0.29) is 53.1 Å². The maximum atomic E-state index is 12.3. The number of thiazole rings is 1. The van der Waals surface area contributed by atoms with Gasteiger partial charge in [0.05, 0.1) is 40.3 Å². The summed E-state index contributed by atoms with van der Waals surface area (Å²) in [4.78, 5) is 31.3. The van der Waals surface area contributed by atoms with Crippen molar-refractivity contribution in [3.8, 4) is 0 Å². The molecule has 2 aliphatic rings. The van der Waals surface area contributed by atoms with E-state index in [1.54, 1.807) is 13.3 Å². The molecule has 0 aromatic carbocycles. The van der Waals surface area contributed by atoms with Gasteiger partial charge in [-0.05, 0) is 13.8 Å². The fourth-order valence-corrected chi connectivity index (χ4v) is 5.10. The number of aromatic nitrogens is 2. The number of nitrogens with zero attached hydrogens (tertiary/aromatic N) is 3. The van der Waals surface area contributed by atoms with Crippen molar-refractivity contribution in [1.82, 2.24) is 14.3 Å². The molecule has 0 saturated carbocycles. The maximum Gasteiger partial charge on any atom is 1.00 e. The molecule has 2 aromatic heterocycles. The minimum absolute atomic E-state index is 0. The Morgan fingerprint density at radius 2 is 2.16 bits per heavy atom. The number of β-lactam (4-membered cyclic amide) rings is 1. The van der Waals surface area contributed by atoms with Gasteiger partial charge in [-0.1, -0.05) is 6.92 Å². The SMILES string of the molecule is Cc1ncn2cc(C3=C(C(=O)[O-])N4C(=O)[C@H]([C@@H](C)O)[C@H]4[C@H]3C)sc12.[Na+]. The van der Waals surface area contributed by atoms with Crippen molar-refractivity contribution in [2.24, 2.45) is 11.8 Å². The Kier molecular flexibility index (Phi) is 4.62. The van der Waals surface area contributed by atoms with Gasteiger partial charge in [-0.15, -0.1) is 11.3 Å². The number of carboxylic acids is 1. The summed E-state index contributed by atoms with van der Waals surface area (Å²) < 4.78 is 1.85. The Balaban J connectivity index is 0.00000182. The van der Waals surface area contributed by atoms with E-state index in [1.165, 1.54) is 16.2 Å². The Bertz CT molecular complexity index is 916.